The third-order valence-electron chi connectivity index (χ3n) is 3.93. The zero-order chi connectivity index (χ0) is 17.2. The van der Waals surface area contributed by atoms with E-state index < -0.39 is 11.4 Å². The number of ether oxygens (including phenoxy) is 2. The molecule has 3 rings (SSSR count). The standard InChI is InChI=1S/C19H23NO3S/c1-18(2,3)24(21)20-19(13-22-14-19)15-9-11-17(12-10-15)23-16-7-5-4-6-8-16/h4-12,20H,13-14H2,1-3H3. The predicted octanol–water partition coefficient (Wildman–Crippen LogP) is 3.76. The van der Waals surface area contributed by atoms with Crippen LogP contribution in [0, 0.1) is 0 Å². The van der Waals surface area contributed by atoms with Gasteiger partial charge in [0, 0.05) is 11.4 Å². The number of rotatable bonds is 5. The molecule has 0 bridgehead atoms. The van der Waals surface area contributed by atoms with Gasteiger partial charge in [-0.2, -0.15) is 0 Å². The maximum Gasteiger partial charge on any atom is 0.136 e. The second kappa shape index (κ2) is 6.76. The summed E-state index contributed by atoms with van der Waals surface area (Å²) in [5.41, 5.74) is 0.676. The van der Waals surface area contributed by atoms with Crippen LogP contribution >= 0.6 is 0 Å². The van der Waals surface area contributed by atoms with E-state index in [4.69, 9.17) is 9.47 Å². The zero-order valence-corrected chi connectivity index (χ0v) is 15.1. The first-order valence-electron chi connectivity index (χ1n) is 8.00. The van der Waals surface area contributed by atoms with Crippen LogP contribution in [-0.2, 0) is 21.6 Å². The second-order valence-electron chi connectivity index (χ2n) is 7.00. The maximum atomic E-state index is 12.5. The highest BCUT2D eigenvalue weighted by Gasteiger charge is 2.46. The first kappa shape index (κ1) is 17.3. The Morgan fingerprint density at radius 3 is 2.08 bits per heavy atom. The molecule has 0 amide bonds. The summed E-state index contributed by atoms with van der Waals surface area (Å²) in [4.78, 5) is 0. The Morgan fingerprint density at radius 1 is 1.00 bits per heavy atom. The first-order valence-corrected chi connectivity index (χ1v) is 9.15. The van der Waals surface area contributed by atoms with E-state index in [2.05, 4.69) is 4.72 Å². The summed E-state index contributed by atoms with van der Waals surface area (Å²) < 4.78 is 26.6. The molecule has 1 unspecified atom stereocenters. The maximum absolute atomic E-state index is 12.5. The molecule has 4 nitrogen and oxygen atoms in total. The van der Waals surface area contributed by atoms with Crippen molar-refractivity contribution in [2.75, 3.05) is 13.2 Å². The molecule has 1 aliphatic heterocycles. The molecular formula is C19H23NO3S. The molecule has 128 valence electrons. The fourth-order valence-electron chi connectivity index (χ4n) is 2.39. The number of hydrogen-bond acceptors (Lipinski definition) is 4. The van der Waals surface area contributed by atoms with Crippen LogP contribution in [0.2, 0.25) is 0 Å². The molecule has 0 aromatic heterocycles. The molecule has 2 aromatic rings. The fourth-order valence-corrected chi connectivity index (χ4v) is 3.28. The Labute approximate surface area is 146 Å². The van der Waals surface area contributed by atoms with Gasteiger partial charge >= 0.3 is 0 Å². The molecule has 0 spiro atoms. The van der Waals surface area contributed by atoms with Crippen molar-refractivity contribution in [3.8, 4) is 11.5 Å². The Kier molecular flexibility index (Phi) is 4.88. The monoisotopic (exact) mass is 345 g/mol. The number of hydrogen-bond donors (Lipinski definition) is 1. The molecule has 1 N–H and O–H groups in total. The Hall–Kier alpha value is -1.53. The highest BCUT2D eigenvalue weighted by Crippen LogP contribution is 2.34. The molecule has 1 saturated heterocycles. The molecule has 0 radical (unpaired) electrons. The molecule has 1 fully saturated rings. The van der Waals surface area contributed by atoms with Crippen LogP contribution in [0.25, 0.3) is 0 Å². The van der Waals surface area contributed by atoms with Crippen molar-refractivity contribution in [1.29, 1.82) is 0 Å². The van der Waals surface area contributed by atoms with Crippen LogP contribution in [0.4, 0.5) is 0 Å². The number of nitrogens with one attached hydrogen (secondary N) is 1. The molecular weight excluding hydrogens is 322 g/mol. The van der Waals surface area contributed by atoms with Gasteiger partial charge in [0.1, 0.15) is 21.8 Å². The lowest BCUT2D eigenvalue weighted by atomic mass is 9.89. The smallest absolute Gasteiger partial charge is 0.136 e. The van der Waals surface area contributed by atoms with Gasteiger partial charge in [0.25, 0.3) is 0 Å². The average molecular weight is 345 g/mol. The van der Waals surface area contributed by atoms with E-state index in [9.17, 15) is 4.55 Å². The van der Waals surface area contributed by atoms with E-state index in [1.54, 1.807) is 0 Å². The van der Waals surface area contributed by atoms with Crippen LogP contribution in [0.15, 0.2) is 54.6 Å². The van der Waals surface area contributed by atoms with Crippen LogP contribution < -0.4 is 9.46 Å². The highest BCUT2D eigenvalue weighted by molar-refractivity contribution is 7.90. The molecule has 1 atom stereocenters. The van der Waals surface area contributed by atoms with Crippen molar-refractivity contribution >= 4 is 11.4 Å². The minimum atomic E-state index is -1.15. The van der Waals surface area contributed by atoms with Gasteiger partial charge in [-0.15, -0.1) is 4.72 Å². The molecule has 0 aliphatic carbocycles. The summed E-state index contributed by atoms with van der Waals surface area (Å²) in [5.74, 6) is 1.58. The van der Waals surface area contributed by atoms with Gasteiger partial charge in [0.15, 0.2) is 0 Å². The number of benzene rings is 2. The Bertz CT molecular complexity index is 663. The van der Waals surface area contributed by atoms with Gasteiger partial charge in [-0.25, -0.2) is 0 Å². The third kappa shape index (κ3) is 3.75. The lowest BCUT2D eigenvalue weighted by Crippen LogP contribution is -2.61. The van der Waals surface area contributed by atoms with Crippen molar-refractivity contribution in [3.05, 3.63) is 60.2 Å². The van der Waals surface area contributed by atoms with Gasteiger partial charge in [-0.1, -0.05) is 30.3 Å². The van der Waals surface area contributed by atoms with Crippen molar-refractivity contribution < 1.29 is 14.0 Å². The van der Waals surface area contributed by atoms with Crippen molar-refractivity contribution in [2.45, 2.75) is 31.1 Å². The quantitative estimate of drug-likeness (QED) is 0.839. The van der Waals surface area contributed by atoms with Crippen molar-refractivity contribution in [3.63, 3.8) is 0 Å². The van der Waals surface area contributed by atoms with Crippen LogP contribution in [0.1, 0.15) is 26.3 Å². The van der Waals surface area contributed by atoms with Gasteiger partial charge in [0.05, 0.1) is 13.2 Å². The third-order valence-corrected chi connectivity index (χ3v) is 5.62. The zero-order valence-electron chi connectivity index (χ0n) is 14.2. The minimum absolute atomic E-state index is 0.320. The SMILES string of the molecule is CC(C)(C)[S+]([O-])NC1(c2ccc(Oc3ccccc3)cc2)COC1. The van der Waals surface area contributed by atoms with Gasteiger partial charge < -0.3 is 14.0 Å². The van der Waals surface area contributed by atoms with E-state index in [0.29, 0.717) is 13.2 Å². The van der Waals surface area contributed by atoms with Crippen LogP contribution in [-0.4, -0.2) is 22.5 Å². The molecule has 0 saturated carbocycles. The fraction of sp³-hybridized carbons (Fsp3) is 0.368. The van der Waals surface area contributed by atoms with E-state index in [-0.39, 0.29) is 10.3 Å². The summed E-state index contributed by atoms with van der Waals surface area (Å²) in [5, 5.41) is 0. The second-order valence-corrected chi connectivity index (χ2v) is 8.96. The van der Waals surface area contributed by atoms with Crippen LogP contribution in [0.3, 0.4) is 0 Å². The molecule has 2 aromatic carbocycles. The van der Waals surface area contributed by atoms with E-state index in [1.807, 2.05) is 75.4 Å². The van der Waals surface area contributed by atoms with Crippen molar-refractivity contribution in [2.24, 2.45) is 0 Å². The topological polar surface area (TPSA) is 53.5 Å². The Morgan fingerprint density at radius 2 is 1.58 bits per heavy atom. The van der Waals surface area contributed by atoms with E-state index in [1.165, 1.54) is 0 Å². The molecule has 24 heavy (non-hydrogen) atoms. The normalized spacial score (nSPS) is 17.8. The Balaban J connectivity index is 1.74. The van der Waals surface area contributed by atoms with Crippen molar-refractivity contribution in [1.82, 2.24) is 4.72 Å². The average Bonchev–Trinajstić information content (AvgIpc) is 2.52. The summed E-state index contributed by atoms with van der Waals surface area (Å²) in [6.07, 6.45) is 0. The van der Waals surface area contributed by atoms with E-state index in [0.717, 1.165) is 17.1 Å². The summed E-state index contributed by atoms with van der Waals surface area (Å²) in [6.45, 7) is 6.92. The minimum Gasteiger partial charge on any atom is -0.598 e. The molecule has 1 heterocycles. The lowest BCUT2D eigenvalue weighted by Gasteiger charge is -2.43. The van der Waals surface area contributed by atoms with E-state index >= 15 is 0 Å². The highest BCUT2D eigenvalue weighted by atomic mass is 32.2. The molecule has 1 aliphatic rings. The predicted molar refractivity (Wildman–Crippen MR) is 96.5 cm³/mol. The first-order chi connectivity index (χ1) is 11.4. The van der Waals surface area contributed by atoms with Gasteiger partial charge in [-0.3, -0.25) is 0 Å². The molecule has 5 heteroatoms. The lowest BCUT2D eigenvalue weighted by molar-refractivity contribution is -0.0666. The summed E-state index contributed by atoms with van der Waals surface area (Å²) >= 11 is -1.15. The van der Waals surface area contributed by atoms with Gasteiger partial charge in [-0.05, 0) is 50.6 Å². The summed E-state index contributed by atoms with van der Waals surface area (Å²) in [7, 11) is 0. The number of para-hydroxylation sites is 1. The summed E-state index contributed by atoms with van der Waals surface area (Å²) in [6, 6.07) is 17.6. The van der Waals surface area contributed by atoms with Gasteiger partial charge in [0.2, 0.25) is 0 Å². The largest absolute Gasteiger partial charge is 0.598 e. The van der Waals surface area contributed by atoms with Crippen LogP contribution in [0.5, 0.6) is 11.5 Å².